The van der Waals surface area contributed by atoms with Crippen molar-refractivity contribution in [3.8, 4) is 0 Å². The Bertz CT molecular complexity index is 591. The minimum absolute atomic E-state index is 0.186. The Morgan fingerprint density at radius 3 is 2.19 bits per heavy atom. The van der Waals surface area contributed by atoms with Gasteiger partial charge in [0.05, 0.1) is 18.3 Å². The first-order chi connectivity index (χ1) is 11.8. The van der Waals surface area contributed by atoms with Crippen molar-refractivity contribution < 1.29 is 28.4 Å². The number of amides is 1. The van der Waals surface area contributed by atoms with E-state index < -0.39 is 42.0 Å². The number of methoxy groups -OCH3 is 1. The molecule has 1 saturated heterocycles. The molecule has 0 bridgehead atoms. The van der Waals surface area contributed by atoms with Crippen LogP contribution in [0.3, 0.4) is 0 Å². The minimum Gasteiger partial charge on any atom is -0.467 e. The van der Waals surface area contributed by atoms with Gasteiger partial charge in [-0.2, -0.15) is 0 Å². The zero-order valence-corrected chi connectivity index (χ0v) is 17.0. The second-order valence-electron chi connectivity index (χ2n) is 8.75. The molecule has 0 radical (unpaired) electrons. The molecule has 0 aromatic carbocycles. The van der Waals surface area contributed by atoms with Crippen LogP contribution >= 0.6 is 0 Å². The summed E-state index contributed by atoms with van der Waals surface area (Å²) in [6.07, 6.45) is 1.66. The van der Waals surface area contributed by atoms with Crippen molar-refractivity contribution >= 4 is 19.2 Å². The fourth-order valence-corrected chi connectivity index (χ4v) is 2.80. The number of rotatable bonds is 2. The van der Waals surface area contributed by atoms with E-state index in [9.17, 15) is 9.59 Å². The van der Waals surface area contributed by atoms with Crippen LogP contribution < -0.4 is 0 Å². The molecule has 7 nitrogen and oxygen atoms in total. The molecule has 2 rings (SSSR count). The van der Waals surface area contributed by atoms with Gasteiger partial charge in [0.15, 0.2) is 0 Å². The van der Waals surface area contributed by atoms with Crippen molar-refractivity contribution in [2.45, 2.75) is 77.7 Å². The summed E-state index contributed by atoms with van der Waals surface area (Å²) in [6.45, 7) is 13.4. The first-order valence-corrected chi connectivity index (χ1v) is 8.89. The second-order valence-corrected chi connectivity index (χ2v) is 8.75. The Morgan fingerprint density at radius 2 is 1.73 bits per heavy atom. The lowest BCUT2D eigenvalue weighted by atomic mass is 9.75. The summed E-state index contributed by atoms with van der Waals surface area (Å²) in [5.74, 6) is -0.472. The minimum atomic E-state index is -0.721. The van der Waals surface area contributed by atoms with Gasteiger partial charge in [-0.05, 0) is 60.4 Å². The van der Waals surface area contributed by atoms with E-state index in [1.54, 1.807) is 20.8 Å². The molecule has 0 aliphatic carbocycles. The third kappa shape index (κ3) is 4.23. The molecule has 0 saturated carbocycles. The Kier molecular flexibility index (Phi) is 5.50. The van der Waals surface area contributed by atoms with Crippen LogP contribution in [0.15, 0.2) is 11.5 Å². The van der Waals surface area contributed by atoms with Gasteiger partial charge in [0, 0.05) is 6.54 Å². The van der Waals surface area contributed by atoms with Crippen molar-refractivity contribution in [2.24, 2.45) is 0 Å². The van der Waals surface area contributed by atoms with E-state index in [1.165, 1.54) is 12.0 Å². The quantitative estimate of drug-likeness (QED) is 0.552. The Balaban J connectivity index is 2.23. The second kappa shape index (κ2) is 6.89. The molecule has 0 N–H and O–H groups in total. The number of nitrogens with zero attached hydrogens (tertiary/aromatic N) is 1. The molecular formula is C18H30BNO6. The van der Waals surface area contributed by atoms with Crippen LogP contribution in [0.2, 0.25) is 0 Å². The summed E-state index contributed by atoms with van der Waals surface area (Å²) < 4.78 is 22.5. The predicted molar refractivity (Wildman–Crippen MR) is 97.5 cm³/mol. The van der Waals surface area contributed by atoms with Crippen LogP contribution in [-0.4, -0.2) is 60.6 Å². The van der Waals surface area contributed by atoms with E-state index in [4.69, 9.17) is 18.8 Å². The topological polar surface area (TPSA) is 74.3 Å². The average Bonchev–Trinajstić information content (AvgIpc) is 2.72. The Hall–Kier alpha value is -1.54. The van der Waals surface area contributed by atoms with Gasteiger partial charge in [0.2, 0.25) is 0 Å². The smallest absolute Gasteiger partial charge is 0.467 e. The van der Waals surface area contributed by atoms with Crippen molar-refractivity contribution in [3.63, 3.8) is 0 Å². The summed E-state index contributed by atoms with van der Waals surface area (Å²) >= 11 is 0. The normalized spacial score (nSPS) is 24.9. The highest BCUT2D eigenvalue weighted by molar-refractivity contribution is 6.54. The lowest BCUT2D eigenvalue weighted by Gasteiger charge is -2.35. The molecule has 2 aliphatic heterocycles. The zero-order chi connectivity index (χ0) is 19.9. The zero-order valence-electron chi connectivity index (χ0n) is 17.0. The molecule has 1 fully saturated rings. The lowest BCUT2D eigenvalue weighted by molar-refractivity contribution is -0.146. The van der Waals surface area contributed by atoms with Gasteiger partial charge < -0.3 is 18.8 Å². The van der Waals surface area contributed by atoms with Gasteiger partial charge in [-0.3, -0.25) is 4.90 Å². The van der Waals surface area contributed by atoms with Gasteiger partial charge in [-0.1, -0.05) is 6.08 Å². The summed E-state index contributed by atoms with van der Waals surface area (Å²) in [7, 11) is 0.742. The molecule has 0 aromatic rings. The van der Waals surface area contributed by atoms with Crippen LogP contribution in [0.25, 0.3) is 0 Å². The third-order valence-electron chi connectivity index (χ3n) is 4.99. The van der Waals surface area contributed by atoms with E-state index in [0.29, 0.717) is 6.42 Å². The maximum atomic E-state index is 12.6. The Morgan fingerprint density at radius 1 is 1.19 bits per heavy atom. The molecule has 26 heavy (non-hydrogen) atoms. The number of hydrogen-bond acceptors (Lipinski definition) is 6. The molecule has 8 heteroatoms. The lowest BCUT2D eigenvalue weighted by Crippen LogP contribution is -2.51. The number of esters is 1. The average molecular weight is 367 g/mol. The maximum Gasteiger partial charge on any atom is 0.492 e. The predicted octanol–water partition coefficient (Wildman–Crippen LogP) is 2.73. The van der Waals surface area contributed by atoms with E-state index >= 15 is 0 Å². The van der Waals surface area contributed by atoms with Crippen LogP contribution in [0.5, 0.6) is 0 Å². The Labute approximate surface area is 156 Å². The highest BCUT2D eigenvalue weighted by Crippen LogP contribution is 2.39. The van der Waals surface area contributed by atoms with Gasteiger partial charge in [-0.25, -0.2) is 9.59 Å². The molecule has 1 amide bonds. The monoisotopic (exact) mass is 367 g/mol. The van der Waals surface area contributed by atoms with Crippen LogP contribution in [0, 0.1) is 0 Å². The molecular weight excluding hydrogens is 337 g/mol. The van der Waals surface area contributed by atoms with Crippen molar-refractivity contribution in [1.29, 1.82) is 0 Å². The van der Waals surface area contributed by atoms with E-state index in [0.717, 1.165) is 5.47 Å². The number of carbonyl (C=O) groups is 2. The molecule has 2 heterocycles. The fraction of sp³-hybridized carbons (Fsp3) is 0.778. The van der Waals surface area contributed by atoms with Gasteiger partial charge in [0.1, 0.15) is 11.6 Å². The molecule has 2 aliphatic rings. The van der Waals surface area contributed by atoms with E-state index in [2.05, 4.69) is 0 Å². The molecule has 146 valence electrons. The first-order valence-electron chi connectivity index (χ1n) is 8.89. The van der Waals surface area contributed by atoms with Gasteiger partial charge in [-0.15, -0.1) is 0 Å². The van der Waals surface area contributed by atoms with Gasteiger partial charge >= 0.3 is 19.2 Å². The van der Waals surface area contributed by atoms with Crippen LogP contribution in [0.1, 0.15) is 54.9 Å². The number of hydrogen-bond donors (Lipinski definition) is 0. The molecule has 0 spiro atoms. The summed E-state index contributed by atoms with van der Waals surface area (Å²) in [5, 5.41) is 0. The third-order valence-corrected chi connectivity index (χ3v) is 4.99. The van der Waals surface area contributed by atoms with E-state index in [-0.39, 0.29) is 6.54 Å². The number of carbonyl (C=O) groups excluding carboxylic acids is 2. The van der Waals surface area contributed by atoms with Gasteiger partial charge in [0.25, 0.3) is 0 Å². The summed E-state index contributed by atoms with van der Waals surface area (Å²) in [6, 6.07) is -0.721. The van der Waals surface area contributed by atoms with E-state index in [1.807, 2.05) is 33.8 Å². The standard InChI is InChI=1S/C18H30BNO6/c1-16(2,3)24-15(22)20-11-12(9-10-13(20)14(21)23-8)19-25-17(4,5)18(6,7)26-19/h9,13H,10-11H2,1-8H3. The summed E-state index contributed by atoms with van der Waals surface area (Å²) in [5.41, 5.74) is -0.818. The molecule has 0 aromatic heterocycles. The molecule has 1 unspecified atom stereocenters. The fourth-order valence-electron chi connectivity index (χ4n) is 2.80. The summed E-state index contributed by atoms with van der Waals surface area (Å²) in [4.78, 5) is 26.2. The van der Waals surface area contributed by atoms with Crippen molar-refractivity contribution in [2.75, 3.05) is 13.7 Å². The van der Waals surface area contributed by atoms with Crippen molar-refractivity contribution in [1.82, 2.24) is 4.90 Å². The van der Waals surface area contributed by atoms with Crippen LogP contribution in [0.4, 0.5) is 4.79 Å². The highest BCUT2D eigenvalue weighted by Gasteiger charge is 2.53. The first kappa shape index (κ1) is 20.8. The largest absolute Gasteiger partial charge is 0.492 e. The van der Waals surface area contributed by atoms with Crippen LogP contribution in [-0.2, 0) is 23.6 Å². The number of ether oxygens (including phenoxy) is 2. The molecule has 1 atom stereocenters. The highest BCUT2D eigenvalue weighted by atomic mass is 16.7. The maximum absolute atomic E-state index is 12.6. The SMILES string of the molecule is COC(=O)C1CC=C(B2OC(C)(C)C(C)(C)O2)CN1C(=O)OC(C)(C)C. The van der Waals surface area contributed by atoms with Crippen molar-refractivity contribution in [3.05, 3.63) is 11.5 Å².